The van der Waals surface area contributed by atoms with Crippen molar-refractivity contribution in [1.29, 1.82) is 0 Å². The molecule has 1 aromatic heterocycles. The minimum Gasteiger partial charge on any atom is -0.494 e. The van der Waals surface area contributed by atoms with Gasteiger partial charge < -0.3 is 9.47 Å². The van der Waals surface area contributed by atoms with Gasteiger partial charge >= 0.3 is 5.97 Å². The van der Waals surface area contributed by atoms with Gasteiger partial charge in [-0.1, -0.05) is 0 Å². The van der Waals surface area contributed by atoms with Gasteiger partial charge in [-0.15, -0.1) is 11.3 Å². The summed E-state index contributed by atoms with van der Waals surface area (Å²) >= 11 is 1.37. The molecule has 2 rings (SSSR count). The number of aldehydes is 1. The molecule has 0 atom stereocenters. The maximum Gasteiger partial charge on any atom is 0.338 e. The molecule has 5 heteroatoms. The van der Waals surface area contributed by atoms with Crippen LogP contribution in [0.5, 0.6) is 5.75 Å². The number of esters is 1. The molecule has 2 aromatic rings. The van der Waals surface area contributed by atoms with E-state index in [-0.39, 0.29) is 0 Å². The van der Waals surface area contributed by atoms with Crippen LogP contribution in [0.1, 0.15) is 27.0 Å². The van der Waals surface area contributed by atoms with Gasteiger partial charge in [-0.3, -0.25) is 4.79 Å². The van der Waals surface area contributed by atoms with E-state index >= 15 is 0 Å². The number of rotatable bonds is 5. The highest BCUT2D eigenvalue weighted by molar-refractivity contribution is 7.17. The van der Waals surface area contributed by atoms with Gasteiger partial charge in [-0.2, -0.15) is 0 Å². The quantitative estimate of drug-likeness (QED) is 0.625. The van der Waals surface area contributed by atoms with Crippen LogP contribution in [0.3, 0.4) is 0 Å². The lowest BCUT2D eigenvalue weighted by Crippen LogP contribution is -2.02. The molecule has 0 aliphatic rings. The second-order valence-electron chi connectivity index (χ2n) is 3.99. The Balaban J connectivity index is 2.47. The molecule has 0 fully saturated rings. The Morgan fingerprint density at radius 2 is 2.10 bits per heavy atom. The molecule has 1 heterocycles. The standard InChI is InChI=1S/C15H14O4S/c1-3-19-12-7-10(6-11(8-12)15(17)18-2)14-5-4-13(9-16)20-14/h4-9H,3H2,1-2H3. The van der Waals surface area contributed by atoms with Crippen molar-refractivity contribution >= 4 is 23.6 Å². The van der Waals surface area contributed by atoms with E-state index in [1.165, 1.54) is 18.4 Å². The van der Waals surface area contributed by atoms with E-state index in [4.69, 9.17) is 9.47 Å². The zero-order chi connectivity index (χ0) is 14.5. The largest absolute Gasteiger partial charge is 0.494 e. The Kier molecular flexibility index (Phi) is 4.53. The molecule has 0 saturated carbocycles. The number of carbonyl (C=O) groups is 2. The predicted molar refractivity (Wildman–Crippen MR) is 77.7 cm³/mol. The summed E-state index contributed by atoms with van der Waals surface area (Å²) in [6.45, 7) is 2.38. The summed E-state index contributed by atoms with van der Waals surface area (Å²) in [6.07, 6.45) is 0.807. The summed E-state index contributed by atoms with van der Waals surface area (Å²) < 4.78 is 10.2. The van der Waals surface area contributed by atoms with Crippen LogP contribution in [0, 0.1) is 0 Å². The van der Waals surface area contributed by atoms with Crippen molar-refractivity contribution in [2.75, 3.05) is 13.7 Å². The summed E-state index contributed by atoms with van der Waals surface area (Å²) in [4.78, 5) is 24.0. The lowest BCUT2D eigenvalue weighted by Gasteiger charge is -2.08. The van der Waals surface area contributed by atoms with Crippen molar-refractivity contribution in [1.82, 2.24) is 0 Å². The molecule has 104 valence electrons. The van der Waals surface area contributed by atoms with Crippen molar-refractivity contribution in [3.05, 3.63) is 40.8 Å². The molecule has 4 nitrogen and oxygen atoms in total. The van der Waals surface area contributed by atoms with Gasteiger partial charge in [0.15, 0.2) is 6.29 Å². The van der Waals surface area contributed by atoms with Crippen LogP contribution in [0.25, 0.3) is 10.4 Å². The van der Waals surface area contributed by atoms with Crippen LogP contribution in [0.2, 0.25) is 0 Å². The van der Waals surface area contributed by atoms with E-state index in [0.717, 1.165) is 16.7 Å². The number of ether oxygens (including phenoxy) is 2. The normalized spacial score (nSPS) is 10.1. The van der Waals surface area contributed by atoms with Crippen LogP contribution < -0.4 is 4.74 Å². The maximum atomic E-state index is 11.7. The van der Waals surface area contributed by atoms with Gasteiger partial charge in [0.2, 0.25) is 0 Å². The third-order valence-corrected chi connectivity index (χ3v) is 3.73. The van der Waals surface area contributed by atoms with E-state index < -0.39 is 5.97 Å². The van der Waals surface area contributed by atoms with Crippen molar-refractivity contribution in [3.63, 3.8) is 0 Å². The lowest BCUT2D eigenvalue weighted by atomic mass is 10.1. The molecule has 0 aliphatic heterocycles. The molecule has 0 spiro atoms. The monoisotopic (exact) mass is 290 g/mol. The summed E-state index contributed by atoms with van der Waals surface area (Å²) in [5, 5.41) is 0. The summed E-state index contributed by atoms with van der Waals surface area (Å²) in [5.74, 6) is 0.187. The highest BCUT2D eigenvalue weighted by atomic mass is 32.1. The van der Waals surface area contributed by atoms with Gasteiger partial charge in [0.05, 0.1) is 24.2 Å². The third-order valence-electron chi connectivity index (χ3n) is 2.67. The fraction of sp³-hybridized carbons (Fsp3) is 0.200. The molecular formula is C15H14O4S. The van der Waals surface area contributed by atoms with Crippen LogP contribution in [-0.2, 0) is 4.74 Å². The molecule has 1 aromatic carbocycles. The van der Waals surface area contributed by atoms with Gasteiger partial charge in [-0.25, -0.2) is 4.79 Å². The first-order chi connectivity index (χ1) is 9.67. The second-order valence-corrected chi connectivity index (χ2v) is 5.11. The fourth-order valence-electron chi connectivity index (χ4n) is 1.80. The Hall–Kier alpha value is -2.14. The molecule has 0 N–H and O–H groups in total. The zero-order valence-corrected chi connectivity index (χ0v) is 12.0. The molecule has 0 unspecified atom stereocenters. The Morgan fingerprint density at radius 1 is 1.30 bits per heavy atom. The number of hydrogen-bond donors (Lipinski definition) is 0. The van der Waals surface area contributed by atoms with Crippen molar-refractivity contribution < 1.29 is 19.1 Å². The predicted octanol–water partition coefficient (Wildman–Crippen LogP) is 3.41. The van der Waals surface area contributed by atoms with Crippen molar-refractivity contribution in [2.24, 2.45) is 0 Å². The van der Waals surface area contributed by atoms with E-state index in [1.54, 1.807) is 18.2 Å². The molecule has 0 bridgehead atoms. The van der Waals surface area contributed by atoms with Gasteiger partial charge in [0, 0.05) is 4.88 Å². The SMILES string of the molecule is CCOc1cc(C(=O)OC)cc(-c2ccc(C=O)s2)c1. The smallest absolute Gasteiger partial charge is 0.338 e. The number of benzene rings is 1. The average Bonchev–Trinajstić information content (AvgIpc) is 2.95. The number of carbonyl (C=O) groups excluding carboxylic acids is 2. The second kappa shape index (κ2) is 6.34. The topological polar surface area (TPSA) is 52.6 Å². The maximum absolute atomic E-state index is 11.7. The van der Waals surface area contributed by atoms with Crippen LogP contribution in [0.15, 0.2) is 30.3 Å². The lowest BCUT2D eigenvalue weighted by molar-refractivity contribution is 0.0600. The molecule has 20 heavy (non-hydrogen) atoms. The molecule has 0 amide bonds. The first-order valence-corrected chi connectivity index (χ1v) is 6.91. The zero-order valence-electron chi connectivity index (χ0n) is 11.2. The highest BCUT2D eigenvalue weighted by Crippen LogP contribution is 2.31. The third kappa shape index (κ3) is 3.05. The van der Waals surface area contributed by atoms with Crippen molar-refractivity contribution in [2.45, 2.75) is 6.92 Å². The van der Waals surface area contributed by atoms with Crippen LogP contribution >= 0.6 is 11.3 Å². The number of methoxy groups -OCH3 is 1. The van der Waals surface area contributed by atoms with Crippen molar-refractivity contribution in [3.8, 4) is 16.2 Å². The Labute approximate surface area is 121 Å². The summed E-state index contributed by atoms with van der Waals surface area (Å²) in [7, 11) is 1.34. The van der Waals surface area contributed by atoms with Gasteiger partial charge in [0.25, 0.3) is 0 Å². The average molecular weight is 290 g/mol. The molecule has 0 saturated heterocycles. The summed E-state index contributed by atoms with van der Waals surface area (Å²) in [5.41, 5.74) is 1.25. The van der Waals surface area contributed by atoms with E-state index in [2.05, 4.69) is 0 Å². The summed E-state index contributed by atoms with van der Waals surface area (Å²) in [6, 6.07) is 8.82. The van der Waals surface area contributed by atoms with E-state index in [9.17, 15) is 9.59 Å². The van der Waals surface area contributed by atoms with E-state index in [0.29, 0.717) is 22.8 Å². The van der Waals surface area contributed by atoms with Crippen LogP contribution in [-0.4, -0.2) is 26.0 Å². The first-order valence-electron chi connectivity index (χ1n) is 6.09. The Morgan fingerprint density at radius 3 is 2.70 bits per heavy atom. The number of hydrogen-bond acceptors (Lipinski definition) is 5. The fourth-order valence-corrected chi connectivity index (χ4v) is 2.61. The molecule has 0 radical (unpaired) electrons. The first kappa shape index (κ1) is 14.3. The van der Waals surface area contributed by atoms with Crippen LogP contribution in [0.4, 0.5) is 0 Å². The van der Waals surface area contributed by atoms with Gasteiger partial charge in [0.1, 0.15) is 5.75 Å². The van der Waals surface area contributed by atoms with Gasteiger partial charge in [-0.05, 0) is 42.8 Å². The molecule has 0 aliphatic carbocycles. The van der Waals surface area contributed by atoms with E-state index in [1.807, 2.05) is 19.1 Å². The molecular weight excluding hydrogens is 276 g/mol. The highest BCUT2D eigenvalue weighted by Gasteiger charge is 2.12. The number of thiophene rings is 1. The minimum atomic E-state index is -0.417. The Bertz CT molecular complexity index is 631. The minimum absolute atomic E-state index is 0.417.